The molecule has 5 N–H and O–H groups in total. The van der Waals surface area contributed by atoms with Crippen molar-refractivity contribution in [2.45, 2.75) is 96.8 Å². The van der Waals surface area contributed by atoms with E-state index >= 15 is 0 Å². The van der Waals surface area contributed by atoms with Crippen molar-refractivity contribution in [3.8, 4) is 0 Å². The van der Waals surface area contributed by atoms with Crippen LogP contribution < -0.4 is 16.0 Å². The van der Waals surface area contributed by atoms with Crippen LogP contribution in [0.4, 0.5) is 5.69 Å². The number of aliphatic hydroxyl groups is 1. The van der Waals surface area contributed by atoms with Gasteiger partial charge in [0.05, 0.1) is 18.1 Å². The highest BCUT2D eigenvalue weighted by atomic mass is 16.5. The lowest BCUT2D eigenvalue weighted by Crippen LogP contribution is -2.54. The highest BCUT2D eigenvalue weighted by Gasteiger charge is 2.34. The van der Waals surface area contributed by atoms with Crippen LogP contribution in [0.2, 0.25) is 0 Å². The van der Waals surface area contributed by atoms with Gasteiger partial charge in [-0.15, -0.1) is 0 Å². The molecule has 0 aromatic heterocycles. The first-order valence-electron chi connectivity index (χ1n) is 15.1. The molecule has 14 heteroatoms. The van der Waals surface area contributed by atoms with Crippen LogP contribution in [-0.4, -0.2) is 81.8 Å². The fourth-order valence-electron chi connectivity index (χ4n) is 5.22. The zero-order valence-corrected chi connectivity index (χ0v) is 26.2. The molecule has 1 aliphatic carbocycles. The van der Waals surface area contributed by atoms with Gasteiger partial charge < -0.3 is 35.6 Å². The Morgan fingerprint density at radius 3 is 2.26 bits per heavy atom. The van der Waals surface area contributed by atoms with Crippen LogP contribution in [-0.2, 0) is 56.1 Å². The number of carbonyl (C=O) groups excluding carboxylic acids is 6. The minimum Gasteiger partial charge on any atom is -0.479 e. The molecule has 46 heavy (non-hydrogen) atoms. The average Bonchev–Trinajstić information content (AvgIpc) is 3.29. The van der Waals surface area contributed by atoms with Crippen LogP contribution in [0, 0.1) is 11.8 Å². The Morgan fingerprint density at radius 2 is 1.65 bits per heavy atom. The van der Waals surface area contributed by atoms with Gasteiger partial charge >= 0.3 is 11.9 Å². The lowest BCUT2D eigenvalue weighted by atomic mass is 9.94. The third kappa shape index (κ3) is 10.3. The molecule has 3 amide bonds. The average molecular weight is 644 g/mol. The summed E-state index contributed by atoms with van der Waals surface area (Å²) in [4.78, 5) is 85.1. The number of aliphatic hydroxyl groups excluding tert-OH is 1. The van der Waals surface area contributed by atoms with Gasteiger partial charge in [0.15, 0.2) is 17.7 Å². The summed E-state index contributed by atoms with van der Waals surface area (Å²) in [6.07, 6.45) is 0.396. The van der Waals surface area contributed by atoms with E-state index < -0.39 is 77.5 Å². The van der Waals surface area contributed by atoms with E-state index in [1.54, 1.807) is 32.0 Å². The van der Waals surface area contributed by atoms with Crippen LogP contribution in [0.1, 0.15) is 64.5 Å². The summed E-state index contributed by atoms with van der Waals surface area (Å²) in [5.74, 6) is -5.87. The minimum absolute atomic E-state index is 0.00422. The van der Waals surface area contributed by atoms with Gasteiger partial charge in [0.25, 0.3) is 0 Å². The van der Waals surface area contributed by atoms with Crippen molar-refractivity contribution in [3.63, 3.8) is 0 Å². The van der Waals surface area contributed by atoms with Crippen LogP contribution in [0.15, 0.2) is 30.4 Å². The van der Waals surface area contributed by atoms with E-state index in [0.29, 0.717) is 29.7 Å². The topological polar surface area (TPSA) is 214 Å². The Morgan fingerprint density at radius 1 is 0.978 bits per heavy atom. The Kier molecular flexibility index (Phi) is 12.7. The Labute approximate surface area is 266 Å². The van der Waals surface area contributed by atoms with E-state index in [9.17, 15) is 43.8 Å². The van der Waals surface area contributed by atoms with E-state index in [-0.39, 0.29) is 31.8 Å². The van der Waals surface area contributed by atoms with E-state index in [1.165, 1.54) is 13.8 Å². The monoisotopic (exact) mass is 643 g/mol. The molecule has 1 aliphatic heterocycles. The molecule has 0 spiro atoms. The summed E-state index contributed by atoms with van der Waals surface area (Å²) >= 11 is 0. The van der Waals surface area contributed by atoms with E-state index in [0.717, 1.165) is 12.2 Å². The van der Waals surface area contributed by atoms with Gasteiger partial charge in [0.2, 0.25) is 17.7 Å². The maximum absolute atomic E-state index is 13.0. The molecule has 1 saturated heterocycles. The fraction of sp³-hybridized carbons (Fsp3) is 0.531. The number of carboxylic acid groups (broad SMARTS) is 1. The summed E-state index contributed by atoms with van der Waals surface area (Å²) in [5, 5.41) is 27.3. The van der Waals surface area contributed by atoms with Gasteiger partial charge in [0.1, 0.15) is 18.7 Å². The second kappa shape index (κ2) is 16.2. The predicted octanol–water partition coefficient (Wildman–Crippen LogP) is 0.974. The van der Waals surface area contributed by atoms with Gasteiger partial charge in [-0.25, -0.2) is 4.79 Å². The first kappa shape index (κ1) is 36.0. The quantitative estimate of drug-likeness (QED) is 0.142. The van der Waals surface area contributed by atoms with Gasteiger partial charge in [0, 0.05) is 25.5 Å². The number of rotatable bonds is 14. The number of hydrogen-bond donors (Lipinski definition) is 5. The number of esters is 1. The predicted molar refractivity (Wildman–Crippen MR) is 162 cm³/mol. The van der Waals surface area contributed by atoms with Crippen molar-refractivity contribution in [2.75, 3.05) is 5.32 Å². The summed E-state index contributed by atoms with van der Waals surface area (Å²) in [5.41, 5.74) is 1.74. The molecule has 0 unspecified atom stereocenters. The zero-order chi connectivity index (χ0) is 34.1. The third-order valence-corrected chi connectivity index (χ3v) is 7.80. The number of hydrogen-bond acceptors (Lipinski definition) is 10. The number of anilines is 1. The molecule has 1 heterocycles. The normalized spacial score (nSPS) is 21.0. The Hall–Kier alpha value is -4.43. The van der Waals surface area contributed by atoms with Crippen LogP contribution >= 0.6 is 0 Å². The SMILES string of the molecule is CC(=O)OCc1ccc(NC(=O)[C@H](C)NC(=O)[C@@H](NC(=O)CC2C(=O)C=CC2=O)C(C)C)cc1CC[C@H]1C[C@@H](O)C[C@@H](C(=O)O)O1. The summed E-state index contributed by atoms with van der Waals surface area (Å²) in [7, 11) is 0. The molecular weight excluding hydrogens is 602 g/mol. The number of nitrogens with one attached hydrogen (secondary N) is 3. The van der Waals surface area contributed by atoms with Gasteiger partial charge in [-0.05, 0) is 67.5 Å². The smallest absolute Gasteiger partial charge is 0.332 e. The first-order valence-corrected chi connectivity index (χ1v) is 15.1. The summed E-state index contributed by atoms with van der Waals surface area (Å²) in [6.45, 7) is 6.11. The molecule has 250 valence electrons. The molecule has 0 radical (unpaired) electrons. The number of benzene rings is 1. The zero-order valence-electron chi connectivity index (χ0n) is 26.2. The van der Waals surface area contributed by atoms with Crippen molar-refractivity contribution in [1.29, 1.82) is 0 Å². The van der Waals surface area contributed by atoms with E-state index in [1.807, 2.05) is 0 Å². The molecule has 2 aliphatic rings. The van der Waals surface area contributed by atoms with E-state index in [4.69, 9.17) is 9.47 Å². The first-order chi connectivity index (χ1) is 21.6. The van der Waals surface area contributed by atoms with Crippen molar-refractivity contribution in [3.05, 3.63) is 41.5 Å². The van der Waals surface area contributed by atoms with Crippen molar-refractivity contribution in [2.24, 2.45) is 11.8 Å². The molecule has 1 aromatic rings. The number of ether oxygens (including phenoxy) is 2. The Bertz CT molecular complexity index is 1370. The minimum atomic E-state index is -1.15. The van der Waals surface area contributed by atoms with Crippen molar-refractivity contribution in [1.82, 2.24) is 10.6 Å². The van der Waals surface area contributed by atoms with Gasteiger partial charge in [-0.1, -0.05) is 19.9 Å². The van der Waals surface area contributed by atoms with Crippen LogP contribution in [0.5, 0.6) is 0 Å². The van der Waals surface area contributed by atoms with Crippen molar-refractivity contribution >= 4 is 46.9 Å². The second-order valence-corrected chi connectivity index (χ2v) is 11.9. The molecule has 1 fully saturated rings. The molecule has 0 bridgehead atoms. The number of amides is 3. The van der Waals surface area contributed by atoms with Gasteiger partial charge in [-0.3, -0.25) is 28.8 Å². The number of ketones is 2. The lowest BCUT2D eigenvalue weighted by molar-refractivity contribution is -0.166. The summed E-state index contributed by atoms with van der Waals surface area (Å²) in [6, 6.07) is 2.90. The number of aliphatic carboxylic acids is 1. The number of carbonyl (C=O) groups is 7. The maximum atomic E-state index is 13.0. The number of aryl methyl sites for hydroxylation is 1. The second-order valence-electron chi connectivity index (χ2n) is 11.9. The highest BCUT2D eigenvalue weighted by molar-refractivity contribution is 6.20. The number of allylic oxidation sites excluding steroid dienone is 2. The van der Waals surface area contributed by atoms with Gasteiger partial charge in [-0.2, -0.15) is 0 Å². The molecule has 3 rings (SSSR count). The third-order valence-electron chi connectivity index (χ3n) is 7.80. The number of carboxylic acids is 1. The van der Waals surface area contributed by atoms with E-state index in [2.05, 4.69) is 16.0 Å². The van der Waals surface area contributed by atoms with Crippen molar-refractivity contribution < 1.29 is 53.2 Å². The maximum Gasteiger partial charge on any atom is 0.332 e. The highest BCUT2D eigenvalue weighted by Crippen LogP contribution is 2.26. The Balaban J connectivity index is 1.64. The fourth-order valence-corrected chi connectivity index (χ4v) is 5.22. The standard InChI is InChI=1S/C32H41N3O11/c1-16(2)29(35-28(40)14-24-25(38)9-10-26(24)39)31(42)33-17(3)30(41)34-21-7-5-20(15-45-18(4)36)19(11-21)6-8-23-12-22(37)13-27(46-23)32(43)44/h5,7,9-11,16-17,22-24,27,29,37H,6,8,12-15H2,1-4H3,(H,33,42)(H,34,41)(H,35,40)(H,43,44)/t17-,22+,23-,27-,29-/m0/s1. The molecule has 5 atom stereocenters. The molecule has 14 nitrogen and oxygen atoms in total. The molecule has 0 saturated carbocycles. The largest absolute Gasteiger partial charge is 0.479 e. The summed E-state index contributed by atoms with van der Waals surface area (Å²) < 4.78 is 10.8. The molecule has 1 aromatic carbocycles. The lowest BCUT2D eigenvalue weighted by Gasteiger charge is -2.31. The van der Waals surface area contributed by atoms with Crippen LogP contribution in [0.3, 0.4) is 0 Å². The molecular formula is C32H41N3O11. The van der Waals surface area contributed by atoms with Crippen LogP contribution in [0.25, 0.3) is 0 Å².